The number of carbonyl (C=O) groups excluding carboxylic acids is 2. The van der Waals surface area contributed by atoms with Crippen LogP contribution >= 0.6 is 11.3 Å². The predicted octanol–water partition coefficient (Wildman–Crippen LogP) is 4.62. The number of anilines is 2. The number of rotatable bonds is 8. The second-order valence-electron chi connectivity index (χ2n) is 9.65. The summed E-state index contributed by atoms with van der Waals surface area (Å²) in [6.45, 7) is 7.17. The van der Waals surface area contributed by atoms with Gasteiger partial charge in [0.2, 0.25) is 11.8 Å². The number of pyridine rings is 2. The van der Waals surface area contributed by atoms with Gasteiger partial charge < -0.3 is 15.4 Å². The van der Waals surface area contributed by atoms with E-state index >= 15 is 0 Å². The van der Waals surface area contributed by atoms with Crippen LogP contribution in [0, 0.1) is 6.92 Å². The van der Waals surface area contributed by atoms with Crippen molar-refractivity contribution in [2.45, 2.75) is 52.1 Å². The minimum atomic E-state index is -0.307. The highest BCUT2D eigenvalue weighted by atomic mass is 32.1. The summed E-state index contributed by atoms with van der Waals surface area (Å²) in [7, 11) is 1.57. The maximum absolute atomic E-state index is 13.3. The predicted molar refractivity (Wildman–Crippen MR) is 148 cm³/mol. The summed E-state index contributed by atoms with van der Waals surface area (Å²) < 4.78 is 7.05. The minimum absolute atomic E-state index is 0.0548. The number of ether oxygens (including phenoxy) is 1. The number of aromatic nitrogens is 4. The van der Waals surface area contributed by atoms with E-state index in [4.69, 9.17) is 4.74 Å². The number of hydrogen-bond acceptors (Lipinski definition) is 8. The van der Waals surface area contributed by atoms with Crippen LogP contribution in [-0.4, -0.2) is 62.0 Å². The summed E-state index contributed by atoms with van der Waals surface area (Å²) in [5.41, 5.74) is 2.99. The number of nitrogens with zero attached hydrogens (tertiary/aromatic N) is 5. The molecule has 1 fully saturated rings. The lowest BCUT2D eigenvalue weighted by Gasteiger charge is -2.27. The van der Waals surface area contributed by atoms with Crippen molar-refractivity contribution in [3.63, 3.8) is 0 Å². The lowest BCUT2D eigenvalue weighted by molar-refractivity contribution is -0.117. The molecule has 4 aromatic heterocycles. The molecule has 1 saturated heterocycles. The van der Waals surface area contributed by atoms with Gasteiger partial charge in [0.15, 0.2) is 0 Å². The molecule has 4 aromatic rings. The van der Waals surface area contributed by atoms with Crippen LogP contribution < -0.4 is 15.4 Å². The van der Waals surface area contributed by atoms with Crippen molar-refractivity contribution in [2.75, 3.05) is 24.3 Å². The number of aryl methyl sites for hydroxylation is 1. The van der Waals surface area contributed by atoms with Crippen LogP contribution in [0.5, 0.6) is 5.88 Å². The van der Waals surface area contributed by atoms with Crippen LogP contribution in [0.2, 0.25) is 0 Å². The van der Waals surface area contributed by atoms with E-state index in [2.05, 4.69) is 44.4 Å². The third-order valence-electron chi connectivity index (χ3n) is 6.80. The maximum atomic E-state index is 13.3. The molecular weight excluding hydrogens is 502 g/mol. The number of carbonyl (C=O) groups is 2. The van der Waals surface area contributed by atoms with E-state index in [-0.39, 0.29) is 17.9 Å². The molecule has 11 heteroatoms. The van der Waals surface area contributed by atoms with Crippen LogP contribution in [0.3, 0.4) is 0 Å². The molecule has 0 saturated carbocycles. The van der Waals surface area contributed by atoms with Crippen LogP contribution in [0.25, 0.3) is 15.3 Å². The van der Waals surface area contributed by atoms with E-state index in [1.54, 1.807) is 36.3 Å². The highest BCUT2D eigenvalue weighted by molar-refractivity contribution is 7.21. The fourth-order valence-electron chi connectivity index (χ4n) is 4.91. The van der Waals surface area contributed by atoms with Gasteiger partial charge in [0.25, 0.3) is 5.91 Å². The molecule has 0 bridgehead atoms. The average molecular weight is 534 g/mol. The number of methoxy groups -OCH3 is 1. The van der Waals surface area contributed by atoms with Crippen LogP contribution in [-0.2, 0) is 4.79 Å². The Morgan fingerprint density at radius 3 is 2.87 bits per heavy atom. The van der Waals surface area contributed by atoms with Gasteiger partial charge in [-0.1, -0.05) is 0 Å². The van der Waals surface area contributed by atoms with Crippen molar-refractivity contribution in [1.82, 2.24) is 24.5 Å². The lowest BCUT2D eigenvalue weighted by Crippen LogP contribution is -2.37. The summed E-state index contributed by atoms with van der Waals surface area (Å²) in [5, 5.41) is 10.3. The molecule has 198 valence electrons. The van der Waals surface area contributed by atoms with E-state index in [1.807, 2.05) is 25.3 Å². The molecule has 2 amide bonds. The number of fused-ring (bicyclic) bond motifs is 1. The first kappa shape index (κ1) is 25.8. The van der Waals surface area contributed by atoms with Gasteiger partial charge in [0.05, 0.1) is 52.6 Å². The second kappa shape index (κ2) is 10.9. The van der Waals surface area contributed by atoms with Crippen molar-refractivity contribution >= 4 is 39.4 Å². The van der Waals surface area contributed by atoms with Gasteiger partial charge in [-0.15, -0.1) is 11.3 Å². The number of thiazole rings is 1. The smallest absolute Gasteiger partial charge is 0.260 e. The Labute approximate surface area is 225 Å². The first-order chi connectivity index (χ1) is 18.3. The van der Waals surface area contributed by atoms with Crippen molar-refractivity contribution < 1.29 is 14.3 Å². The third kappa shape index (κ3) is 5.25. The molecule has 5 heterocycles. The maximum Gasteiger partial charge on any atom is 0.260 e. The molecule has 0 spiro atoms. The van der Waals surface area contributed by atoms with Gasteiger partial charge in [0.1, 0.15) is 4.83 Å². The molecule has 0 radical (unpaired) electrons. The largest absolute Gasteiger partial charge is 0.481 e. The molecule has 5 rings (SSSR count). The fourth-order valence-corrected chi connectivity index (χ4v) is 5.98. The Balaban J connectivity index is 1.31. The van der Waals surface area contributed by atoms with E-state index in [0.29, 0.717) is 45.8 Å². The van der Waals surface area contributed by atoms with Crippen molar-refractivity contribution in [2.24, 2.45) is 0 Å². The third-order valence-corrected chi connectivity index (χ3v) is 7.94. The molecule has 0 unspecified atom stereocenters. The summed E-state index contributed by atoms with van der Waals surface area (Å²) in [6, 6.07) is 6.16. The average Bonchev–Trinajstić information content (AvgIpc) is 3.62. The van der Waals surface area contributed by atoms with Crippen LogP contribution in [0.15, 0.2) is 43.0 Å². The molecule has 1 atom stereocenters. The van der Waals surface area contributed by atoms with Gasteiger partial charge in [-0.2, -0.15) is 5.10 Å². The monoisotopic (exact) mass is 533 g/mol. The van der Waals surface area contributed by atoms with Crippen LogP contribution in [0.4, 0.5) is 11.4 Å². The summed E-state index contributed by atoms with van der Waals surface area (Å²) in [5.74, 6) is 0.146. The number of likely N-dealkylation sites (tertiary alicyclic amines) is 1. The van der Waals surface area contributed by atoms with Gasteiger partial charge in [-0.25, -0.2) is 9.50 Å². The highest BCUT2D eigenvalue weighted by Gasteiger charge is 2.28. The Morgan fingerprint density at radius 2 is 2.08 bits per heavy atom. The SMILES string of the molecule is COc1ncccc1-c1cn2ncc(C(=O)Nc3cc(NC(=O)C[C@H]4CCCN4C(C)C)cnc3C)c2s1. The zero-order chi connectivity index (χ0) is 26.8. The zero-order valence-electron chi connectivity index (χ0n) is 21.9. The quantitative estimate of drug-likeness (QED) is 0.340. The standard InChI is InChI=1S/C27H31N7O3S/c1-16(2)33-10-6-7-19(33)12-24(35)31-18-11-22(17(3)29-13-18)32-25(36)21-14-30-34-15-23(38-27(21)34)20-8-5-9-28-26(20)37-4/h5,8-9,11,13-16,19H,6-7,10,12H2,1-4H3,(H,31,35)(H,32,36)/t19-/m1/s1. The first-order valence-corrected chi connectivity index (χ1v) is 13.5. The van der Waals surface area contributed by atoms with E-state index in [1.165, 1.54) is 11.3 Å². The minimum Gasteiger partial charge on any atom is -0.481 e. The Bertz CT molecular complexity index is 1480. The van der Waals surface area contributed by atoms with Gasteiger partial charge in [-0.3, -0.25) is 19.5 Å². The molecule has 1 aliphatic rings. The molecule has 1 aliphatic heterocycles. The van der Waals surface area contributed by atoms with Gasteiger partial charge in [-0.05, 0) is 58.4 Å². The molecule has 10 nitrogen and oxygen atoms in total. The van der Waals surface area contributed by atoms with Crippen LogP contribution in [0.1, 0.15) is 49.2 Å². The number of amides is 2. The van der Waals surface area contributed by atoms with Gasteiger partial charge in [0, 0.05) is 30.9 Å². The van der Waals surface area contributed by atoms with E-state index < -0.39 is 0 Å². The van der Waals surface area contributed by atoms with Crippen molar-refractivity contribution in [3.8, 4) is 16.3 Å². The molecule has 2 N–H and O–H groups in total. The molecule has 0 aliphatic carbocycles. The Hall–Kier alpha value is -3.83. The van der Waals surface area contributed by atoms with Crippen molar-refractivity contribution in [1.29, 1.82) is 0 Å². The summed E-state index contributed by atoms with van der Waals surface area (Å²) >= 11 is 1.43. The Morgan fingerprint density at radius 1 is 1.24 bits per heavy atom. The molecule has 38 heavy (non-hydrogen) atoms. The van der Waals surface area contributed by atoms with E-state index in [9.17, 15) is 9.59 Å². The molecular formula is C27H31N7O3S. The van der Waals surface area contributed by atoms with Crippen molar-refractivity contribution in [3.05, 3.63) is 54.2 Å². The zero-order valence-corrected chi connectivity index (χ0v) is 22.7. The Kier molecular flexibility index (Phi) is 7.39. The summed E-state index contributed by atoms with van der Waals surface area (Å²) in [4.78, 5) is 38.6. The molecule has 0 aromatic carbocycles. The number of nitrogens with one attached hydrogen (secondary N) is 2. The van der Waals surface area contributed by atoms with Gasteiger partial charge >= 0.3 is 0 Å². The van der Waals surface area contributed by atoms with E-state index in [0.717, 1.165) is 29.8 Å². The topological polar surface area (TPSA) is 114 Å². The highest BCUT2D eigenvalue weighted by Crippen LogP contribution is 2.35. The number of hydrogen-bond donors (Lipinski definition) is 2. The first-order valence-electron chi connectivity index (χ1n) is 12.6. The summed E-state index contributed by atoms with van der Waals surface area (Å²) in [6.07, 6.45) is 9.25. The second-order valence-corrected chi connectivity index (χ2v) is 10.7. The normalized spacial score (nSPS) is 15.8. The fraction of sp³-hybridized carbons (Fsp3) is 0.370. The lowest BCUT2D eigenvalue weighted by atomic mass is 10.1.